The number of hydrogen-bond acceptors (Lipinski definition) is 4. The summed E-state index contributed by atoms with van der Waals surface area (Å²) in [5.41, 5.74) is 1.19. The third kappa shape index (κ3) is 4.53. The maximum Gasteiger partial charge on any atom is 0.0900 e. The molecule has 26 heavy (non-hydrogen) atoms. The molecule has 5 heteroatoms. The monoisotopic (exact) mass is 378 g/mol. The zero-order chi connectivity index (χ0) is 17.9. The van der Waals surface area contributed by atoms with Crippen molar-refractivity contribution in [1.82, 2.24) is 4.90 Å². The molecule has 2 saturated carbocycles. The number of aliphatic hydroxyl groups is 1. The van der Waals surface area contributed by atoms with Gasteiger partial charge in [0.2, 0.25) is 0 Å². The molecule has 1 heterocycles. The van der Waals surface area contributed by atoms with Gasteiger partial charge in [0.05, 0.1) is 12.7 Å². The number of hydrogen-bond donors (Lipinski definition) is 1. The molecular weight excluding hydrogens is 348 g/mol. The highest BCUT2D eigenvalue weighted by Gasteiger charge is 2.39. The first-order valence-electron chi connectivity index (χ1n) is 10.2. The second-order valence-electron chi connectivity index (χ2n) is 8.39. The maximum absolute atomic E-state index is 10.3. The molecule has 0 aromatic heterocycles. The van der Waals surface area contributed by atoms with E-state index in [4.69, 9.17) is 16.3 Å². The fraction of sp³-hybridized carbons (Fsp3) is 0.714. The topological polar surface area (TPSA) is 35.9 Å². The van der Waals surface area contributed by atoms with Crippen LogP contribution in [0.25, 0.3) is 0 Å². The van der Waals surface area contributed by atoms with Gasteiger partial charge >= 0.3 is 0 Å². The van der Waals surface area contributed by atoms with Crippen LogP contribution in [0.1, 0.15) is 25.7 Å². The second kappa shape index (κ2) is 8.47. The fourth-order valence-electron chi connectivity index (χ4n) is 5.15. The van der Waals surface area contributed by atoms with E-state index in [-0.39, 0.29) is 6.10 Å². The first kappa shape index (κ1) is 18.5. The number of rotatable bonds is 7. The van der Waals surface area contributed by atoms with E-state index in [0.717, 1.165) is 55.6 Å². The van der Waals surface area contributed by atoms with Gasteiger partial charge in [-0.05, 0) is 55.2 Å². The Morgan fingerprint density at radius 3 is 2.69 bits per heavy atom. The van der Waals surface area contributed by atoms with Crippen molar-refractivity contribution in [3.05, 3.63) is 29.3 Å². The number of fused-ring (bicyclic) bond motifs is 2. The number of aliphatic hydroxyl groups excluding tert-OH is 1. The number of ether oxygens (including phenoxy) is 1. The molecule has 1 aromatic rings. The summed E-state index contributed by atoms with van der Waals surface area (Å²) in [5.74, 6) is 2.62. The standard InChI is InChI=1S/C21H31ClN2O2/c22-19-2-1-3-20(12-19)24-8-6-23(7-9-24)13-21(25)15-26-14-18-11-16-4-5-17(18)10-16/h1-3,12,16-18,21,25H,4-11,13-15H2/t16-,17-,18-,21+/m0/s1. The normalized spacial score (nSPS) is 30.1. The predicted molar refractivity (Wildman–Crippen MR) is 106 cm³/mol. The zero-order valence-electron chi connectivity index (χ0n) is 15.5. The highest BCUT2D eigenvalue weighted by molar-refractivity contribution is 6.30. The summed E-state index contributed by atoms with van der Waals surface area (Å²) in [4.78, 5) is 4.70. The third-order valence-electron chi connectivity index (χ3n) is 6.54. The van der Waals surface area contributed by atoms with Gasteiger partial charge in [0.25, 0.3) is 0 Å². The molecule has 1 aromatic carbocycles. The van der Waals surface area contributed by atoms with Crippen molar-refractivity contribution in [2.75, 3.05) is 50.8 Å². The van der Waals surface area contributed by atoms with Crippen molar-refractivity contribution in [2.24, 2.45) is 17.8 Å². The number of β-amino-alcohol motifs (C(OH)–C–C–N with tert-alkyl or cyclic N) is 1. The van der Waals surface area contributed by atoms with Gasteiger partial charge in [-0.25, -0.2) is 0 Å². The van der Waals surface area contributed by atoms with Crippen molar-refractivity contribution >= 4 is 17.3 Å². The lowest BCUT2D eigenvalue weighted by Crippen LogP contribution is -2.49. The minimum absolute atomic E-state index is 0.383. The van der Waals surface area contributed by atoms with Crippen LogP contribution in [-0.2, 0) is 4.74 Å². The van der Waals surface area contributed by atoms with Gasteiger partial charge in [0.15, 0.2) is 0 Å². The SMILES string of the molecule is O[C@@H](COC[C@@H]1C[C@H]2CC[C@H]1C2)CN1CCN(c2cccc(Cl)c2)CC1. The minimum Gasteiger partial charge on any atom is -0.389 e. The Morgan fingerprint density at radius 2 is 2.00 bits per heavy atom. The van der Waals surface area contributed by atoms with E-state index < -0.39 is 0 Å². The molecule has 3 aliphatic rings. The highest BCUT2D eigenvalue weighted by Crippen LogP contribution is 2.48. The molecular formula is C21H31ClN2O2. The number of piperazine rings is 1. The molecule has 1 aliphatic heterocycles. The Morgan fingerprint density at radius 1 is 1.15 bits per heavy atom. The number of nitrogens with zero attached hydrogens (tertiary/aromatic N) is 2. The molecule has 144 valence electrons. The average molecular weight is 379 g/mol. The highest BCUT2D eigenvalue weighted by atomic mass is 35.5. The third-order valence-corrected chi connectivity index (χ3v) is 6.78. The van der Waals surface area contributed by atoms with Gasteiger partial charge in [-0.2, -0.15) is 0 Å². The summed E-state index contributed by atoms with van der Waals surface area (Å²) in [7, 11) is 0. The lowest BCUT2D eigenvalue weighted by atomic mass is 9.90. The summed E-state index contributed by atoms with van der Waals surface area (Å²) in [6, 6.07) is 8.05. The van der Waals surface area contributed by atoms with Crippen molar-refractivity contribution in [1.29, 1.82) is 0 Å². The summed E-state index contributed by atoms with van der Waals surface area (Å²) < 4.78 is 5.88. The van der Waals surface area contributed by atoms with Crippen LogP contribution >= 0.6 is 11.6 Å². The maximum atomic E-state index is 10.3. The molecule has 2 aliphatic carbocycles. The molecule has 3 fully saturated rings. The Hall–Kier alpha value is -0.810. The number of benzene rings is 1. The molecule has 2 bridgehead atoms. The lowest BCUT2D eigenvalue weighted by molar-refractivity contribution is -0.00274. The van der Waals surface area contributed by atoms with Crippen LogP contribution in [0.4, 0.5) is 5.69 Å². The lowest BCUT2D eigenvalue weighted by Gasteiger charge is -2.37. The first-order chi connectivity index (χ1) is 12.7. The molecule has 1 saturated heterocycles. The van der Waals surface area contributed by atoms with Crippen LogP contribution < -0.4 is 4.90 Å². The average Bonchev–Trinajstić information content (AvgIpc) is 3.25. The summed E-state index contributed by atoms with van der Waals surface area (Å²) in [6.07, 6.45) is 5.23. The molecule has 1 N–H and O–H groups in total. The summed E-state index contributed by atoms with van der Waals surface area (Å²) >= 11 is 6.09. The Labute approximate surface area is 162 Å². The van der Waals surface area contributed by atoms with Crippen molar-refractivity contribution in [3.63, 3.8) is 0 Å². The van der Waals surface area contributed by atoms with Gasteiger partial charge in [-0.3, -0.25) is 4.90 Å². The van der Waals surface area contributed by atoms with E-state index in [1.165, 1.54) is 31.4 Å². The largest absolute Gasteiger partial charge is 0.389 e. The molecule has 0 unspecified atom stereocenters. The molecule has 4 rings (SSSR count). The molecule has 0 radical (unpaired) electrons. The van der Waals surface area contributed by atoms with Crippen LogP contribution in [0.3, 0.4) is 0 Å². The summed E-state index contributed by atoms with van der Waals surface area (Å²) in [6.45, 7) is 5.91. The molecule has 0 amide bonds. The smallest absolute Gasteiger partial charge is 0.0900 e. The molecule has 0 spiro atoms. The molecule has 4 nitrogen and oxygen atoms in total. The van der Waals surface area contributed by atoms with E-state index in [2.05, 4.69) is 15.9 Å². The van der Waals surface area contributed by atoms with E-state index in [1.807, 2.05) is 18.2 Å². The number of halogens is 1. The van der Waals surface area contributed by atoms with E-state index in [0.29, 0.717) is 13.2 Å². The van der Waals surface area contributed by atoms with Crippen molar-refractivity contribution in [3.8, 4) is 0 Å². The van der Waals surface area contributed by atoms with Gasteiger partial charge in [0.1, 0.15) is 0 Å². The van der Waals surface area contributed by atoms with Gasteiger partial charge in [0, 0.05) is 50.0 Å². The van der Waals surface area contributed by atoms with E-state index in [9.17, 15) is 5.11 Å². The van der Waals surface area contributed by atoms with Crippen molar-refractivity contribution in [2.45, 2.75) is 31.8 Å². The quantitative estimate of drug-likeness (QED) is 0.789. The van der Waals surface area contributed by atoms with E-state index >= 15 is 0 Å². The first-order valence-corrected chi connectivity index (χ1v) is 10.5. The minimum atomic E-state index is -0.383. The van der Waals surface area contributed by atoms with Crippen LogP contribution in [0.15, 0.2) is 24.3 Å². The van der Waals surface area contributed by atoms with Gasteiger partial charge < -0.3 is 14.7 Å². The van der Waals surface area contributed by atoms with Crippen molar-refractivity contribution < 1.29 is 9.84 Å². The van der Waals surface area contributed by atoms with Gasteiger partial charge in [-0.15, -0.1) is 0 Å². The second-order valence-corrected chi connectivity index (χ2v) is 8.83. The van der Waals surface area contributed by atoms with E-state index in [1.54, 1.807) is 0 Å². The molecule has 4 atom stereocenters. The van der Waals surface area contributed by atoms with Crippen LogP contribution in [0.5, 0.6) is 0 Å². The number of anilines is 1. The fourth-order valence-corrected chi connectivity index (χ4v) is 5.33. The Bertz CT molecular complexity index is 591. The van der Waals surface area contributed by atoms with Gasteiger partial charge in [-0.1, -0.05) is 24.1 Å². The Kier molecular flexibility index (Phi) is 6.04. The van der Waals surface area contributed by atoms with Crippen LogP contribution in [0.2, 0.25) is 5.02 Å². The Balaban J connectivity index is 1.14. The van der Waals surface area contributed by atoms with Crippen LogP contribution in [0, 0.1) is 17.8 Å². The predicted octanol–water partition coefficient (Wildman–Crippen LogP) is 3.28. The zero-order valence-corrected chi connectivity index (χ0v) is 16.3. The van der Waals surface area contributed by atoms with Crippen LogP contribution in [-0.4, -0.2) is 62.0 Å². The summed E-state index contributed by atoms with van der Waals surface area (Å²) in [5, 5.41) is 11.1.